The first kappa shape index (κ1) is 20.9. The van der Waals surface area contributed by atoms with Gasteiger partial charge in [-0.05, 0) is 74.5 Å². The quantitative estimate of drug-likeness (QED) is 0.621. The molecule has 3 aliphatic rings. The highest BCUT2D eigenvalue weighted by Gasteiger charge is 2.29. The highest BCUT2D eigenvalue weighted by Crippen LogP contribution is 2.31. The van der Waals surface area contributed by atoms with E-state index in [0.717, 1.165) is 54.1 Å². The van der Waals surface area contributed by atoms with Crippen molar-refractivity contribution >= 4 is 16.8 Å². The van der Waals surface area contributed by atoms with E-state index in [2.05, 4.69) is 49.3 Å². The zero-order chi connectivity index (χ0) is 22.4. The van der Waals surface area contributed by atoms with Crippen molar-refractivity contribution < 1.29 is 4.79 Å². The topological polar surface area (TPSA) is 78.8 Å². The number of carbonyl (C=O) groups excluding carboxylic acids is 1. The lowest BCUT2D eigenvalue weighted by molar-refractivity contribution is 0.0772. The highest BCUT2D eigenvalue weighted by atomic mass is 16.2. The summed E-state index contributed by atoms with van der Waals surface area (Å²) in [6, 6.07) is 6.49. The van der Waals surface area contributed by atoms with Gasteiger partial charge in [0.1, 0.15) is 0 Å². The zero-order valence-electron chi connectivity index (χ0n) is 19.5. The number of H-pyrrole nitrogens is 1. The van der Waals surface area contributed by atoms with Crippen molar-refractivity contribution in [2.24, 2.45) is 11.8 Å². The summed E-state index contributed by atoms with van der Waals surface area (Å²) in [5.74, 6) is 1.58. The molecule has 2 N–H and O–H groups in total. The number of nitrogens with one attached hydrogen (secondary N) is 2. The second-order valence-corrected chi connectivity index (χ2v) is 10.5. The lowest BCUT2D eigenvalue weighted by Gasteiger charge is -2.41. The van der Waals surface area contributed by atoms with Gasteiger partial charge in [-0.25, -0.2) is 0 Å². The van der Waals surface area contributed by atoms with Crippen LogP contribution in [-0.4, -0.2) is 56.5 Å². The van der Waals surface area contributed by atoms with Crippen LogP contribution in [-0.2, 0) is 13.0 Å². The van der Waals surface area contributed by atoms with Crippen LogP contribution in [0.5, 0.6) is 0 Å². The standard InChI is InChI=1S/C26H34N6O/c1-17-14-31(15-17)16-18-5-8-20(9-6-18)28-26(33)25-21-12-19(7-10-23(21)29-30-25)22-13-27-32-11-3-2-4-24(22)32/h7,10,12-13,17-18,20H,2-6,8-9,11,14-16H2,1H3,(H,28,33)(H,29,30). The molecule has 7 nitrogen and oxygen atoms in total. The number of aromatic amines is 1. The fourth-order valence-electron chi connectivity index (χ4n) is 6.10. The van der Waals surface area contributed by atoms with E-state index < -0.39 is 0 Å². The van der Waals surface area contributed by atoms with Crippen molar-refractivity contribution in [3.8, 4) is 11.1 Å². The molecule has 0 radical (unpaired) electrons. The van der Waals surface area contributed by atoms with E-state index in [1.54, 1.807) is 0 Å². The fraction of sp³-hybridized carbons (Fsp3) is 0.577. The van der Waals surface area contributed by atoms with Crippen molar-refractivity contribution in [3.05, 3.63) is 35.8 Å². The molecule has 174 valence electrons. The Labute approximate surface area is 194 Å². The van der Waals surface area contributed by atoms with Crippen LogP contribution in [0.2, 0.25) is 0 Å². The van der Waals surface area contributed by atoms with Gasteiger partial charge in [-0.2, -0.15) is 10.2 Å². The van der Waals surface area contributed by atoms with Crippen molar-refractivity contribution in [2.45, 2.75) is 64.5 Å². The summed E-state index contributed by atoms with van der Waals surface area (Å²) in [6.07, 6.45) is 9.97. The molecule has 1 saturated heterocycles. The monoisotopic (exact) mass is 446 g/mol. The second kappa shape index (κ2) is 8.60. The SMILES string of the molecule is CC1CN(CC2CCC(NC(=O)c3n[nH]c4ccc(-c5cnn6c5CCCC6)cc34)CC2)C1. The van der Waals surface area contributed by atoms with Crippen molar-refractivity contribution in [1.82, 2.24) is 30.2 Å². The average Bonchev–Trinajstić information content (AvgIpc) is 3.43. The molecule has 7 heteroatoms. The maximum atomic E-state index is 13.2. The number of nitrogens with zero attached hydrogens (tertiary/aromatic N) is 4. The Hall–Kier alpha value is -2.67. The smallest absolute Gasteiger partial charge is 0.272 e. The summed E-state index contributed by atoms with van der Waals surface area (Å²) >= 11 is 0. The number of likely N-dealkylation sites (tertiary alicyclic amines) is 1. The predicted molar refractivity (Wildman–Crippen MR) is 129 cm³/mol. The molecule has 33 heavy (non-hydrogen) atoms. The zero-order valence-corrected chi connectivity index (χ0v) is 19.5. The molecule has 1 saturated carbocycles. The third-order valence-corrected chi connectivity index (χ3v) is 7.91. The minimum atomic E-state index is -0.0598. The second-order valence-electron chi connectivity index (χ2n) is 10.5. The predicted octanol–water partition coefficient (Wildman–Crippen LogP) is 4.00. The number of rotatable bonds is 5. The number of amides is 1. The molecule has 0 unspecified atom stereocenters. The normalized spacial score (nSPS) is 23.9. The molecule has 1 amide bonds. The summed E-state index contributed by atoms with van der Waals surface area (Å²) in [4.78, 5) is 15.7. The van der Waals surface area contributed by atoms with Crippen LogP contribution in [0.3, 0.4) is 0 Å². The van der Waals surface area contributed by atoms with Gasteiger partial charge in [0.25, 0.3) is 5.91 Å². The van der Waals surface area contributed by atoms with Crippen LogP contribution in [0.1, 0.15) is 61.6 Å². The van der Waals surface area contributed by atoms with Gasteiger partial charge in [-0.15, -0.1) is 0 Å². The van der Waals surface area contributed by atoms with E-state index in [1.807, 2.05) is 12.3 Å². The lowest BCUT2D eigenvalue weighted by Crippen LogP contribution is -2.48. The maximum absolute atomic E-state index is 13.2. The first-order valence-electron chi connectivity index (χ1n) is 12.7. The van der Waals surface area contributed by atoms with Gasteiger partial charge in [0.2, 0.25) is 0 Å². The van der Waals surface area contributed by atoms with Crippen LogP contribution in [0.15, 0.2) is 24.4 Å². The number of fused-ring (bicyclic) bond motifs is 2. The van der Waals surface area contributed by atoms with Gasteiger partial charge in [-0.1, -0.05) is 13.0 Å². The number of aromatic nitrogens is 4. The summed E-state index contributed by atoms with van der Waals surface area (Å²) < 4.78 is 2.13. The molecule has 2 aromatic heterocycles. The Morgan fingerprint density at radius 1 is 1.18 bits per heavy atom. The summed E-state index contributed by atoms with van der Waals surface area (Å²) in [5.41, 5.74) is 5.00. The summed E-state index contributed by atoms with van der Waals surface area (Å²) in [5, 5.41) is 16.2. The summed E-state index contributed by atoms with van der Waals surface area (Å²) in [7, 11) is 0. The Kier molecular flexibility index (Phi) is 5.45. The fourth-order valence-corrected chi connectivity index (χ4v) is 6.10. The van der Waals surface area contributed by atoms with Gasteiger partial charge < -0.3 is 10.2 Å². The van der Waals surface area contributed by atoms with Crippen LogP contribution in [0.4, 0.5) is 0 Å². The van der Waals surface area contributed by atoms with Gasteiger partial charge in [0, 0.05) is 48.9 Å². The number of hydrogen-bond donors (Lipinski definition) is 2. The Morgan fingerprint density at radius 2 is 2.03 bits per heavy atom. The molecule has 1 aromatic carbocycles. The van der Waals surface area contributed by atoms with E-state index in [1.165, 1.54) is 56.6 Å². The highest BCUT2D eigenvalue weighted by molar-refractivity contribution is 6.05. The molecule has 0 bridgehead atoms. The molecule has 0 atom stereocenters. The van der Waals surface area contributed by atoms with Gasteiger partial charge >= 0.3 is 0 Å². The molecular weight excluding hydrogens is 412 g/mol. The molecule has 0 spiro atoms. The molecule has 2 fully saturated rings. The molecule has 1 aliphatic carbocycles. The van der Waals surface area contributed by atoms with Crippen molar-refractivity contribution in [3.63, 3.8) is 0 Å². The lowest BCUT2D eigenvalue weighted by atomic mass is 9.84. The molecule has 4 heterocycles. The van der Waals surface area contributed by atoms with Crippen LogP contribution in [0.25, 0.3) is 22.0 Å². The number of carbonyl (C=O) groups is 1. The largest absolute Gasteiger partial charge is 0.348 e. The van der Waals surface area contributed by atoms with Crippen LogP contribution < -0.4 is 5.32 Å². The maximum Gasteiger partial charge on any atom is 0.272 e. The van der Waals surface area contributed by atoms with Crippen molar-refractivity contribution in [2.75, 3.05) is 19.6 Å². The third-order valence-electron chi connectivity index (χ3n) is 7.91. The Morgan fingerprint density at radius 3 is 2.85 bits per heavy atom. The van der Waals surface area contributed by atoms with Gasteiger partial charge in [0.15, 0.2) is 5.69 Å². The van der Waals surface area contributed by atoms with Crippen molar-refractivity contribution in [1.29, 1.82) is 0 Å². The summed E-state index contributed by atoms with van der Waals surface area (Å²) in [6.45, 7) is 7.07. The first-order chi connectivity index (χ1) is 16.1. The van der Waals surface area contributed by atoms with E-state index in [4.69, 9.17) is 0 Å². The Bertz CT molecular complexity index is 1150. The minimum absolute atomic E-state index is 0.0598. The average molecular weight is 447 g/mol. The Balaban J connectivity index is 1.14. The molecule has 2 aliphatic heterocycles. The van der Waals surface area contributed by atoms with E-state index >= 15 is 0 Å². The first-order valence-corrected chi connectivity index (χ1v) is 12.7. The number of aryl methyl sites for hydroxylation is 1. The van der Waals surface area contributed by atoms with Gasteiger partial charge in [-0.3, -0.25) is 14.6 Å². The third kappa shape index (κ3) is 4.07. The van der Waals surface area contributed by atoms with Crippen LogP contribution >= 0.6 is 0 Å². The number of hydrogen-bond acceptors (Lipinski definition) is 4. The molecule has 3 aromatic rings. The number of benzene rings is 1. The van der Waals surface area contributed by atoms with E-state index in [-0.39, 0.29) is 11.9 Å². The molecule has 6 rings (SSSR count). The van der Waals surface area contributed by atoms with E-state index in [9.17, 15) is 4.79 Å². The van der Waals surface area contributed by atoms with Crippen LogP contribution in [0, 0.1) is 11.8 Å². The minimum Gasteiger partial charge on any atom is -0.348 e. The van der Waals surface area contributed by atoms with E-state index in [0.29, 0.717) is 5.69 Å². The van der Waals surface area contributed by atoms with Gasteiger partial charge in [0.05, 0.1) is 11.7 Å². The molecular formula is C26H34N6O.